The van der Waals surface area contributed by atoms with Gasteiger partial charge in [0.2, 0.25) is 0 Å². The van der Waals surface area contributed by atoms with E-state index >= 15 is 0 Å². The summed E-state index contributed by atoms with van der Waals surface area (Å²) in [5, 5.41) is 3.62. The van der Waals surface area contributed by atoms with Gasteiger partial charge in [-0.15, -0.1) is 0 Å². The number of ether oxygens (including phenoxy) is 1. The van der Waals surface area contributed by atoms with Crippen LogP contribution in [0.1, 0.15) is 27.5 Å². The summed E-state index contributed by atoms with van der Waals surface area (Å²) in [6.07, 6.45) is 0.999. The summed E-state index contributed by atoms with van der Waals surface area (Å²) in [5.74, 6) is 0.303. The van der Waals surface area contributed by atoms with Gasteiger partial charge in [-0.25, -0.2) is 0 Å². The zero-order valence-electron chi connectivity index (χ0n) is 18.6. The van der Waals surface area contributed by atoms with Gasteiger partial charge in [0.25, 0.3) is 5.91 Å². The van der Waals surface area contributed by atoms with Gasteiger partial charge in [0, 0.05) is 43.6 Å². The number of anilines is 2. The Kier molecular flexibility index (Phi) is 6.56. The first-order chi connectivity index (χ1) is 15.5. The Bertz CT molecular complexity index is 1100. The molecule has 3 aromatic rings. The first-order valence-electron chi connectivity index (χ1n) is 10.7. The fourth-order valence-electron chi connectivity index (χ4n) is 4.23. The fourth-order valence-corrected chi connectivity index (χ4v) is 4.40. The van der Waals surface area contributed by atoms with Crippen molar-refractivity contribution >= 4 is 28.9 Å². The molecule has 1 aliphatic rings. The number of hydrogen-bond donors (Lipinski definition) is 1. The van der Waals surface area contributed by atoms with Gasteiger partial charge in [0.1, 0.15) is 5.75 Å². The Morgan fingerprint density at radius 3 is 2.59 bits per heavy atom. The predicted molar refractivity (Wildman–Crippen MR) is 131 cm³/mol. The highest BCUT2D eigenvalue weighted by atomic mass is 35.5. The number of nitrogens with zero attached hydrogens (tertiary/aromatic N) is 2. The topological polar surface area (TPSA) is 44.8 Å². The number of nitrogens with one attached hydrogen (secondary N) is 1. The van der Waals surface area contributed by atoms with Crippen LogP contribution >= 0.6 is 11.6 Å². The van der Waals surface area contributed by atoms with Crippen molar-refractivity contribution in [1.29, 1.82) is 0 Å². The molecule has 6 heteroatoms. The Labute approximate surface area is 194 Å². The first-order valence-corrected chi connectivity index (χ1v) is 11.1. The number of methoxy groups -OCH3 is 1. The van der Waals surface area contributed by atoms with E-state index in [4.69, 9.17) is 16.3 Å². The lowest BCUT2D eigenvalue weighted by molar-refractivity contribution is 0.0948. The van der Waals surface area contributed by atoms with Crippen molar-refractivity contribution in [3.63, 3.8) is 0 Å². The average molecular weight is 450 g/mol. The third-order valence-electron chi connectivity index (χ3n) is 5.96. The normalized spacial score (nSPS) is 13.4. The molecule has 3 aromatic carbocycles. The Morgan fingerprint density at radius 1 is 1.12 bits per heavy atom. The van der Waals surface area contributed by atoms with Crippen LogP contribution in [-0.4, -0.2) is 40.2 Å². The van der Waals surface area contributed by atoms with E-state index in [-0.39, 0.29) is 11.9 Å². The van der Waals surface area contributed by atoms with Crippen LogP contribution in [0.25, 0.3) is 0 Å². The summed E-state index contributed by atoms with van der Waals surface area (Å²) < 4.78 is 5.36. The van der Waals surface area contributed by atoms with E-state index in [2.05, 4.69) is 63.6 Å². The molecule has 1 heterocycles. The molecule has 1 aliphatic heterocycles. The summed E-state index contributed by atoms with van der Waals surface area (Å²) in [7, 11) is 5.61. The molecule has 0 spiro atoms. The van der Waals surface area contributed by atoms with Crippen LogP contribution in [0, 0.1) is 0 Å². The average Bonchev–Trinajstić information content (AvgIpc) is 3.23. The number of halogens is 1. The van der Waals surface area contributed by atoms with Crippen molar-refractivity contribution < 1.29 is 9.53 Å². The molecule has 1 unspecified atom stereocenters. The number of amides is 1. The lowest BCUT2D eigenvalue weighted by atomic mass is 10.0. The Morgan fingerprint density at radius 2 is 1.88 bits per heavy atom. The number of carbonyl (C=O) groups excluding carboxylic acids is 1. The monoisotopic (exact) mass is 449 g/mol. The highest BCUT2D eigenvalue weighted by molar-refractivity contribution is 6.31. The van der Waals surface area contributed by atoms with E-state index in [0.717, 1.165) is 24.2 Å². The standard InChI is InChI=1S/C26H28ClN3O2/c1-29(2)21-11-8-19(9-12-21)24(30-15-14-18-6-4-5-7-23(18)30)17-28-26(31)22-16-20(27)10-13-25(22)32-3/h4-13,16,24H,14-15,17H2,1-3H3,(H,28,31). The predicted octanol–water partition coefficient (Wildman–Crippen LogP) is 4.95. The van der Waals surface area contributed by atoms with E-state index in [1.54, 1.807) is 25.3 Å². The quantitative estimate of drug-likeness (QED) is 0.554. The van der Waals surface area contributed by atoms with Crippen LogP contribution in [0.4, 0.5) is 11.4 Å². The van der Waals surface area contributed by atoms with Crippen molar-refractivity contribution in [2.45, 2.75) is 12.5 Å². The minimum absolute atomic E-state index is 0.00370. The lowest BCUT2D eigenvalue weighted by Crippen LogP contribution is -2.37. The molecular weight excluding hydrogens is 422 g/mol. The summed E-state index contributed by atoms with van der Waals surface area (Å²) >= 11 is 6.13. The number of para-hydroxylation sites is 1. The molecule has 0 aliphatic carbocycles. The summed E-state index contributed by atoms with van der Waals surface area (Å²) in [5.41, 5.74) is 5.30. The molecule has 4 rings (SSSR count). The van der Waals surface area contributed by atoms with E-state index in [9.17, 15) is 4.79 Å². The maximum Gasteiger partial charge on any atom is 0.255 e. The van der Waals surface area contributed by atoms with Crippen LogP contribution in [0.3, 0.4) is 0 Å². The molecule has 0 fully saturated rings. The molecule has 32 heavy (non-hydrogen) atoms. The van der Waals surface area contributed by atoms with Crippen LogP contribution in [-0.2, 0) is 6.42 Å². The van der Waals surface area contributed by atoms with Crippen LogP contribution in [0.2, 0.25) is 5.02 Å². The van der Waals surface area contributed by atoms with Gasteiger partial charge in [-0.3, -0.25) is 4.79 Å². The van der Waals surface area contributed by atoms with E-state index in [1.807, 2.05) is 14.1 Å². The van der Waals surface area contributed by atoms with Crippen molar-refractivity contribution in [3.05, 3.63) is 88.4 Å². The van der Waals surface area contributed by atoms with Crippen LogP contribution in [0.5, 0.6) is 5.75 Å². The molecule has 166 valence electrons. The zero-order chi connectivity index (χ0) is 22.7. The minimum atomic E-state index is -0.202. The van der Waals surface area contributed by atoms with Gasteiger partial charge in [-0.05, 0) is 53.9 Å². The van der Waals surface area contributed by atoms with Crippen LogP contribution < -0.4 is 19.9 Å². The second-order valence-electron chi connectivity index (χ2n) is 8.13. The number of hydrogen-bond acceptors (Lipinski definition) is 4. The molecule has 0 radical (unpaired) electrons. The summed E-state index contributed by atoms with van der Waals surface area (Å²) in [4.78, 5) is 17.5. The number of rotatable bonds is 7. The lowest BCUT2D eigenvalue weighted by Gasteiger charge is -2.31. The number of fused-ring (bicyclic) bond motifs is 1. The van der Waals surface area contributed by atoms with E-state index < -0.39 is 0 Å². The first kappa shape index (κ1) is 22.0. The van der Waals surface area contributed by atoms with Crippen molar-refractivity contribution in [2.75, 3.05) is 44.1 Å². The van der Waals surface area contributed by atoms with Gasteiger partial charge >= 0.3 is 0 Å². The highest BCUT2D eigenvalue weighted by Crippen LogP contribution is 2.35. The molecule has 1 amide bonds. The molecule has 1 atom stereocenters. The van der Waals surface area contributed by atoms with Gasteiger partial charge in [-0.2, -0.15) is 0 Å². The molecule has 0 saturated carbocycles. The molecule has 0 bridgehead atoms. The largest absolute Gasteiger partial charge is 0.496 e. The van der Waals surface area contributed by atoms with Crippen molar-refractivity contribution in [3.8, 4) is 5.75 Å². The minimum Gasteiger partial charge on any atom is -0.496 e. The number of benzene rings is 3. The van der Waals surface area contributed by atoms with Crippen LogP contribution in [0.15, 0.2) is 66.7 Å². The van der Waals surface area contributed by atoms with Gasteiger partial charge in [-0.1, -0.05) is 41.9 Å². The second-order valence-corrected chi connectivity index (χ2v) is 8.56. The summed E-state index contributed by atoms with van der Waals surface area (Å²) in [6, 6.07) is 22.1. The number of carbonyl (C=O) groups is 1. The fraction of sp³-hybridized carbons (Fsp3) is 0.269. The smallest absolute Gasteiger partial charge is 0.255 e. The van der Waals surface area contributed by atoms with Crippen molar-refractivity contribution in [1.82, 2.24) is 5.32 Å². The zero-order valence-corrected chi connectivity index (χ0v) is 19.4. The van der Waals surface area contributed by atoms with E-state index in [0.29, 0.717) is 22.9 Å². The SMILES string of the molecule is COc1ccc(Cl)cc1C(=O)NCC(c1ccc(N(C)C)cc1)N1CCc2ccccc21. The second kappa shape index (κ2) is 9.53. The Hall–Kier alpha value is -3.18. The Balaban J connectivity index is 1.62. The third-order valence-corrected chi connectivity index (χ3v) is 6.19. The molecule has 0 aromatic heterocycles. The molecular formula is C26H28ClN3O2. The maximum atomic E-state index is 13.0. The highest BCUT2D eigenvalue weighted by Gasteiger charge is 2.28. The summed E-state index contributed by atoms with van der Waals surface area (Å²) in [6.45, 7) is 1.37. The van der Waals surface area contributed by atoms with E-state index in [1.165, 1.54) is 11.3 Å². The molecule has 1 N–H and O–H groups in total. The molecule has 5 nitrogen and oxygen atoms in total. The third kappa shape index (κ3) is 4.53. The van der Waals surface area contributed by atoms with Gasteiger partial charge in [0.05, 0.1) is 18.7 Å². The maximum absolute atomic E-state index is 13.0. The van der Waals surface area contributed by atoms with Crippen molar-refractivity contribution in [2.24, 2.45) is 0 Å². The van der Waals surface area contributed by atoms with Gasteiger partial charge in [0.15, 0.2) is 0 Å². The molecule has 0 saturated heterocycles. The van der Waals surface area contributed by atoms with Gasteiger partial charge < -0.3 is 19.9 Å².